The highest BCUT2D eigenvalue weighted by atomic mass is 19.4. The molecule has 0 radical (unpaired) electrons. The number of pyridine rings is 1. The van der Waals surface area contributed by atoms with Crippen LogP contribution in [0.1, 0.15) is 12.5 Å². The van der Waals surface area contributed by atoms with Crippen LogP contribution in [0.25, 0.3) is 22.4 Å². The number of nitrogens with zero attached hydrogens (tertiary/aromatic N) is 2. The highest BCUT2D eigenvalue weighted by molar-refractivity contribution is 5.80. The third kappa shape index (κ3) is 7.12. The number of oxime groups is 1. The molecule has 1 fully saturated rings. The van der Waals surface area contributed by atoms with Crippen LogP contribution in [0.2, 0.25) is 0 Å². The Morgan fingerprint density at radius 2 is 1.46 bits per heavy atom. The van der Waals surface area contributed by atoms with Gasteiger partial charge in [0.15, 0.2) is 6.10 Å². The van der Waals surface area contributed by atoms with Crippen LogP contribution in [-0.4, -0.2) is 69.6 Å². The average Bonchev–Trinajstić information content (AvgIpc) is 2.92. The molecule has 4 rings (SSSR count). The predicted molar refractivity (Wildman–Crippen MR) is 137 cm³/mol. The standard InChI is InChI=1S/C28H29F3N2O6/c1-17-24(34-2)25(35-3)26(36-4)27(37-17)39-33-16-18-5-7-20(8-6-18)23-15-21(13-14-32-23)19-9-11-22(12-10-19)38-28(29,30)31/h5-17,24-27H,1-4H3/b33-16+/t17-,24-,25+,26+,27-/m0/s1. The van der Waals surface area contributed by atoms with Crippen LogP contribution in [0, 0.1) is 0 Å². The van der Waals surface area contributed by atoms with Crippen LogP contribution in [-0.2, 0) is 23.8 Å². The van der Waals surface area contributed by atoms with Crippen LogP contribution in [0.4, 0.5) is 13.2 Å². The molecule has 0 unspecified atom stereocenters. The van der Waals surface area contributed by atoms with Gasteiger partial charge in [-0.2, -0.15) is 0 Å². The zero-order valence-corrected chi connectivity index (χ0v) is 21.8. The fourth-order valence-corrected chi connectivity index (χ4v) is 4.41. The summed E-state index contributed by atoms with van der Waals surface area (Å²) in [5, 5.41) is 4.08. The summed E-state index contributed by atoms with van der Waals surface area (Å²) >= 11 is 0. The van der Waals surface area contributed by atoms with E-state index in [0.717, 1.165) is 22.3 Å². The normalized spacial score (nSPS) is 23.6. The number of alkyl halides is 3. The Balaban J connectivity index is 1.41. The number of halogens is 3. The summed E-state index contributed by atoms with van der Waals surface area (Å²) in [5.41, 5.74) is 3.87. The lowest BCUT2D eigenvalue weighted by atomic mass is 9.99. The van der Waals surface area contributed by atoms with E-state index in [4.69, 9.17) is 23.8 Å². The Bertz CT molecular complexity index is 1240. The topological polar surface area (TPSA) is 80.6 Å². The molecule has 0 amide bonds. The molecule has 208 valence electrons. The quantitative estimate of drug-likeness (QED) is 0.261. The number of hydrogen-bond donors (Lipinski definition) is 0. The zero-order valence-electron chi connectivity index (χ0n) is 21.8. The number of ether oxygens (including phenoxy) is 5. The maximum absolute atomic E-state index is 12.4. The first-order valence-electron chi connectivity index (χ1n) is 12.1. The van der Waals surface area contributed by atoms with E-state index in [1.54, 1.807) is 51.9 Å². The second kappa shape index (κ2) is 12.6. The number of hydrogen-bond acceptors (Lipinski definition) is 8. The van der Waals surface area contributed by atoms with Gasteiger partial charge in [0.05, 0.1) is 18.0 Å². The zero-order chi connectivity index (χ0) is 28.0. The van der Waals surface area contributed by atoms with Crippen LogP contribution in [0.15, 0.2) is 72.0 Å². The minimum absolute atomic E-state index is 0.276. The molecule has 2 heterocycles. The lowest BCUT2D eigenvalue weighted by Crippen LogP contribution is -2.59. The summed E-state index contributed by atoms with van der Waals surface area (Å²) in [6.07, 6.45) is -3.84. The molecule has 0 saturated carbocycles. The molecule has 0 N–H and O–H groups in total. The van der Waals surface area contributed by atoms with Crippen LogP contribution in [0.5, 0.6) is 5.75 Å². The van der Waals surface area contributed by atoms with Gasteiger partial charge in [0, 0.05) is 33.1 Å². The number of aromatic nitrogens is 1. The fourth-order valence-electron chi connectivity index (χ4n) is 4.41. The van der Waals surface area contributed by atoms with E-state index < -0.39 is 24.9 Å². The van der Waals surface area contributed by atoms with E-state index >= 15 is 0 Å². The van der Waals surface area contributed by atoms with Gasteiger partial charge in [-0.3, -0.25) is 4.98 Å². The van der Waals surface area contributed by atoms with Gasteiger partial charge >= 0.3 is 6.36 Å². The largest absolute Gasteiger partial charge is 0.573 e. The van der Waals surface area contributed by atoms with E-state index in [9.17, 15) is 13.2 Å². The van der Waals surface area contributed by atoms with Crippen molar-refractivity contribution >= 4 is 6.21 Å². The second-order valence-electron chi connectivity index (χ2n) is 8.77. The summed E-state index contributed by atoms with van der Waals surface area (Å²) < 4.78 is 63.7. The molecule has 0 spiro atoms. The number of rotatable bonds is 9. The Labute approximate surface area is 224 Å². The predicted octanol–water partition coefficient (Wildman–Crippen LogP) is 5.45. The molecule has 8 nitrogen and oxygen atoms in total. The first-order chi connectivity index (χ1) is 18.7. The molecule has 0 bridgehead atoms. The first kappa shape index (κ1) is 28.5. The van der Waals surface area contributed by atoms with Crippen molar-refractivity contribution in [2.24, 2.45) is 5.16 Å². The summed E-state index contributed by atoms with van der Waals surface area (Å²) in [6.45, 7) is 1.87. The summed E-state index contributed by atoms with van der Waals surface area (Å²) in [7, 11) is 4.71. The maximum atomic E-state index is 12.4. The maximum Gasteiger partial charge on any atom is 0.573 e. The number of benzene rings is 2. The van der Waals surface area contributed by atoms with Crippen LogP contribution in [0.3, 0.4) is 0 Å². The second-order valence-corrected chi connectivity index (χ2v) is 8.77. The van der Waals surface area contributed by atoms with E-state index in [2.05, 4.69) is 14.9 Å². The molecule has 1 saturated heterocycles. The van der Waals surface area contributed by atoms with Crippen molar-refractivity contribution in [1.29, 1.82) is 0 Å². The average molecular weight is 547 g/mol. The Morgan fingerprint density at radius 1 is 0.821 bits per heavy atom. The molecular formula is C28H29F3N2O6. The summed E-state index contributed by atoms with van der Waals surface area (Å²) in [5.74, 6) is -0.276. The molecule has 0 aliphatic carbocycles. The minimum atomic E-state index is -4.73. The van der Waals surface area contributed by atoms with Crippen molar-refractivity contribution in [3.05, 3.63) is 72.4 Å². The SMILES string of the molecule is CO[C@@H]1[C@@H](OC)[C@H](C)O[C@@H](O/N=C/c2ccc(-c3cc(-c4ccc(OC(F)(F)F)cc4)ccn3)cc2)[C@@H]1OC. The Kier molecular flexibility index (Phi) is 9.18. The monoisotopic (exact) mass is 546 g/mol. The molecule has 11 heteroatoms. The van der Waals surface area contributed by atoms with Crippen LogP contribution < -0.4 is 4.74 Å². The molecule has 39 heavy (non-hydrogen) atoms. The van der Waals surface area contributed by atoms with Gasteiger partial charge in [0.2, 0.25) is 0 Å². The van der Waals surface area contributed by atoms with Gasteiger partial charge in [-0.25, -0.2) is 0 Å². The molecule has 3 aromatic rings. The lowest BCUT2D eigenvalue weighted by Gasteiger charge is -2.42. The molecule has 1 aromatic heterocycles. The Morgan fingerprint density at radius 3 is 2.08 bits per heavy atom. The third-order valence-corrected chi connectivity index (χ3v) is 6.30. The molecule has 2 aromatic carbocycles. The van der Waals surface area contributed by atoms with Gasteiger partial charge in [-0.05, 0) is 47.9 Å². The number of methoxy groups -OCH3 is 3. The van der Waals surface area contributed by atoms with Gasteiger partial charge in [-0.15, -0.1) is 13.2 Å². The van der Waals surface area contributed by atoms with Crippen molar-refractivity contribution in [1.82, 2.24) is 4.98 Å². The van der Waals surface area contributed by atoms with Crippen molar-refractivity contribution in [2.75, 3.05) is 21.3 Å². The van der Waals surface area contributed by atoms with E-state index in [1.165, 1.54) is 12.1 Å². The van der Waals surface area contributed by atoms with Gasteiger partial charge in [-0.1, -0.05) is 41.6 Å². The van der Waals surface area contributed by atoms with Gasteiger partial charge < -0.3 is 28.5 Å². The third-order valence-electron chi connectivity index (χ3n) is 6.30. The van der Waals surface area contributed by atoms with Gasteiger partial charge in [0.25, 0.3) is 6.29 Å². The summed E-state index contributed by atoms with van der Waals surface area (Å²) in [4.78, 5) is 10.0. The Hall–Kier alpha value is -3.51. The minimum Gasteiger partial charge on any atom is -0.406 e. The molecule has 1 aliphatic heterocycles. The van der Waals surface area contributed by atoms with Gasteiger partial charge in [0.1, 0.15) is 18.0 Å². The van der Waals surface area contributed by atoms with E-state index in [-0.39, 0.29) is 18.0 Å². The van der Waals surface area contributed by atoms with Crippen LogP contribution >= 0.6 is 0 Å². The fraction of sp³-hybridized carbons (Fsp3) is 0.357. The van der Waals surface area contributed by atoms with Crippen molar-refractivity contribution in [3.63, 3.8) is 0 Å². The lowest BCUT2D eigenvalue weighted by molar-refractivity contribution is -0.305. The summed E-state index contributed by atoms with van der Waals surface area (Å²) in [6, 6.07) is 16.8. The van der Waals surface area contributed by atoms with E-state index in [1.807, 2.05) is 37.3 Å². The highest BCUT2D eigenvalue weighted by Gasteiger charge is 2.46. The molecule has 5 atom stereocenters. The molecular weight excluding hydrogens is 517 g/mol. The van der Waals surface area contributed by atoms with E-state index in [0.29, 0.717) is 5.69 Å². The van der Waals surface area contributed by atoms with Crippen molar-refractivity contribution in [2.45, 2.75) is 44.0 Å². The smallest absolute Gasteiger partial charge is 0.406 e. The first-order valence-corrected chi connectivity index (χ1v) is 12.1. The van der Waals surface area contributed by atoms with Crippen molar-refractivity contribution in [3.8, 4) is 28.1 Å². The highest BCUT2D eigenvalue weighted by Crippen LogP contribution is 2.29. The van der Waals surface area contributed by atoms with Crippen molar-refractivity contribution < 1.29 is 41.7 Å². The molecule has 1 aliphatic rings.